The minimum absolute atomic E-state index is 0.330. The molecule has 1 saturated heterocycles. The number of piperidine rings is 1. The molecule has 1 aliphatic rings. The Labute approximate surface area is 167 Å². The lowest BCUT2D eigenvalue weighted by Crippen LogP contribution is -2.35. The SMILES string of the molecule is CCOC(=O)c1cnc(SC)nc1N1CCC(c2nc3ccccc3[nH]2)CC1. The van der Waals surface area contributed by atoms with Crippen molar-refractivity contribution < 1.29 is 9.53 Å². The van der Waals surface area contributed by atoms with Crippen molar-refractivity contribution in [3.8, 4) is 0 Å². The van der Waals surface area contributed by atoms with Crippen LogP contribution in [0.3, 0.4) is 0 Å². The number of fused-ring (bicyclic) bond motifs is 1. The summed E-state index contributed by atoms with van der Waals surface area (Å²) in [5.74, 6) is 1.71. The molecular formula is C20H23N5O2S. The molecule has 1 N–H and O–H groups in total. The van der Waals surface area contributed by atoms with Crippen LogP contribution in [0.15, 0.2) is 35.6 Å². The highest BCUT2D eigenvalue weighted by molar-refractivity contribution is 7.98. The highest BCUT2D eigenvalue weighted by Crippen LogP contribution is 2.31. The number of rotatable bonds is 5. The Balaban J connectivity index is 1.53. The van der Waals surface area contributed by atoms with Crippen LogP contribution in [0.4, 0.5) is 5.82 Å². The maximum Gasteiger partial charge on any atom is 0.343 e. The fraction of sp³-hybridized carbons (Fsp3) is 0.400. The van der Waals surface area contributed by atoms with Gasteiger partial charge >= 0.3 is 5.97 Å². The van der Waals surface area contributed by atoms with E-state index in [1.165, 1.54) is 11.8 Å². The number of aromatic nitrogens is 4. The third kappa shape index (κ3) is 3.69. The number of imidazole rings is 1. The smallest absolute Gasteiger partial charge is 0.343 e. The zero-order valence-electron chi connectivity index (χ0n) is 16.0. The van der Waals surface area contributed by atoms with E-state index in [0.717, 1.165) is 42.8 Å². The molecule has 0 saturated carbocycles. The number of anilines is 1. The Hall–Kier alpha value is -2.61. The first-order valence-electron chi connectivity index (χ1n) is 9.47. The first kappa shape index (κ1) is 18.7. The summed E-state index contributed by atoms with van der Waals surface area (Å²) in [4.78, 5) is 31.6. The largest absolute Gasteiger partial charge is 0.462 e. The van der Waals surface area contributed by atoms with Gasteiger partial charge in [0.1, 0.15) is 17.2 Å². The summed E-state index contributed by atoms with van der Waals surface area (Å²) in [6.07, 6.45) is 5.40. The van der Waals surface area contributed by atoms with Crippen LogP contribution in [0, 0.1) is 0 Å². The molecule has 0 unspecified atom stereocenters. The monoisotopic (exact) mass is 397 g/mol. The number of aromatic amines is 1. The van der Waals surface area contributed by atoms with Crippen LogP contribution in [0.1, 0.15) is 41.9 Å². The number of hydrogen-bond acceptors (Lipinski definition) is 7. The van der Waals surface area contributed by atoms with Crippen LogP contribution in [0.2, 0.25) is 0 Å². The Kier molecular flexibility index (Phi) is 5.47. The van der Waals surface area contributed by atoms with Gasteiger partial charge in [-0.1, -0.05) is 23.9 Å². The molecule has 0 atom stereocenters. The van der Waals surface area contributed by atoms with E-state index in [0.29, 0.717) is 29.1 Å². The van der Waals surface area contributed by atoms with Crippen LogP contribution in [0.5, 0.6) is 0 Å². The zero-order valence-corrected chi connectivity index (χ0v) is 16.8. The maximum atomic E-state index is 12.3. The number of benzene rings is 1. The van der Waals surface area contributed by atoms with Gasteiger partial charge in [-0.3, -0.25) is 0 Å². The molecule has 4 rings (SSSR count). The van der Waals surface area contributed by atoms with Gasteiger partial charge in [-0.25, -0.2) is 19.7 Å². The van der Waals surface area contributed by atoms with Crippen molar-refractivity contribution in [1.82, 2.24) is 19.9 Å². The molecule has 8 heteroatoms. The van der Waals surface area contributed by atoms with E-state index in [1.807, 2.05) is 24.5 Å². The normalized spacial score (nSPS) is 15.1. The average molecular weight is 398 g/mol. The van der Waals surface area contributed by atoms with Gasteiger partial charge in [-0.15, -0.1) is 0 Å². The van der Waals surface area contributed by atoms with Crippen molar-refractivity contribution in [3.05, 3.63) is 41.9 Å². The molecule has 0 radical (unpaired) electrons. The quantitative estimate of drug-likeness (QED) is 0.400. The van der Waals surface area contributed by atoms with Crippen molar-refractivity contribution >= 4 is 34.6 Å². The lowest BCUT2D eigenvalue weighted by atomic mass is 9.96. The molecule has 2 aromatic heterocycles. The number of hydrogen-bond donors (Lipinski definition) is 1. The van der Waals surface area contributed by atoms with Crippen molar-refractivity contribution in [2.24, 2.45) is 0 Å². The van der Waals surface area contributed by atoms with Gasteiger partial charge in [0.25, 0.3) is 0 Å². The Morgan fingerprint density at radius 3 is 2.79 bits per heavy atom. The average Bonchev–Trinajstić information content (AvgIpc) is 3.18. The highest BCUT2D eigenvalue weighted by atomic mass is 32.2. The van der Waals surface area contributed by atoms with Gasteiger partial charge in [0, 0.05) is 25.2 Å². The standard InChI is InChI=1S/C20H23N5O2S/c1-3-27-19(26)14-12-21-20(28-2)24-18(14)25-10-8-13(9-11-25)17-22-15-6-4-5-7-16(15)23-17/h4-7,12-13H,3,8-11H2,1-2H3,(H,22,23). The van der Waals surface area contributed by atoms with Crippen molar-refractivity contribution in [3.63, 3.8) is 0 Å². The molecule has 146 valence electrons. The first-order valence-corrected chi connectivity index (χ1v) is 10.7. The molecular weight excluding hydrogens is 374 g/mol. The van der Waals surface area contributed by atoms with E-state index < -0.39 is 0 Å². The predicted octanol–water partition coefficient (Wildman–Crippen LogP) is 3.64. The molecule has 0 amide bonds. The van der Waals surface area contributed by atoms with Crippen LogP contribution in [-0.2, 0) is 4.74 Å². The summed E-state index contributed by atoms with van der Waals surface area (Å²) in [7, 11) is 0. The van der Waals surface area contributed by atoms with Crippen LogP contribution >= 0.6 is 11.8 Å². The number of nitrogens with zero attached hydrogens (tertiary/aromatic N) is 4. The number of esters is 1. The molecule has 1 fully saturated rings. The van der Waals surface area contributed by atoms with Gasteiger partial charge in [-0.2, -0.15) is 0 Å². The molecule has 3 heterocycles. The molecule has 1 aromatic carbocycles. The van der Waals surface area contributed by atoms with Gasteiger partial charge in [0.15, 0.2) is 5.16 Å². The summed E-state index contributed by atoms with van der Waals surface area (Å²) in [6.45, 7) is 3.74. The summed E-state index contributed by atoms with van der Waals surface area (Å²) in [6, 6.07) is 8.10. The molecule has 7 nitrogen and oxygen atoms in total. The Morgan fingerprint density at radius 2 is 2.07 bits per heavy atom. The lowest BCUT2D eigenvalue weighted by Gasteiger charge is -2.32. The van der Waals surface area contributed by atoms with Gasteiger partial charge in [0.2, 0.25) is 0 Å². The molecule has 0 spiro atoms. The zero-order chi connectivity index (χ0) is 19.5. The number of carbonyl (C=O) groups excluding carboxylic acids is 1. The number of carbonyl (C=O) groups is 1. The molecule has 3 aromatic rings. The van der Waals surface area contributed by atoms with Crippen LogP contribution < -0.4 is 4.90 Å². The van der Waals surface area contributed by atoms with E-state index in [9.17, 15) is 4.79 Å². The van der Waals surface area contributed by atoms with E-state index in [-0.39, 0.29) is 5.97 Å². The minimum Gasteiger partial charge on any atom is -0.462 e. The second-order valence-electron chi connectivity index (χ2n) is 6.71. The number of thioether (sulfide) groups is 1. The first-order chi connectivity index (χ1) is 13.7. The predicted molar refractivity (Wildman–Crippen MR) is 110 cm³/mol. The molecule has 0 bridgehead atoms. The van der Waals surface area contributed by atoms with Crippen molar-refractivity contribution in [2.45, 2.75) is 30.8 Å². The fourth-order valence-corrected chi connectivity index (χ4v) is 3.92. The van der Waals surface area contributed by atoms with Gasteiger partial charge in [0.05, 0.1) is 17.6 Å². The summed E-state index contributed by atoms with van der Waals surface area (Å²) in [5, 5.41) is 0.655. The van der Waals surface area contributed by atoms with E-state index in [2.05, 4.69) is 25.9 Å². The highest BCUT2D eigenvalue weighted by Gasteiger charge is 2.27. The second-order valence-corrected chi connectivity index (χ2v) is 7.49. The summed E-state index contributed by atoms with van der Waals surface area (Å²) >= 11 is 1.46. The molecule has 0 aliphatic carbocycles. The van der Waals surface area contributed by atoms with E-state index in [1.54, 1.807) is 13.1 Å². The third-order valence-corrected chi connectivity index (χ3v) is 5.58. The number of ether oxygens (including phenoxy) is 1. The fourth-order valence-electron chi connectivity index (χ4n) is 3.58. The topological polar surface area (TPSA) is 84.0 Å². The molecule has 28 heavy (non-hydrogen) atoms. The number of H-pyrrole nitrogens is 1. The van der Waals surface area contributed by atoms with Crippen molar-refractivity contribution in [1.29, 1.82) is 0 Å². The van der Waals surface area contributed by atoms with Crippen LogP contribution in [-0.4, -0.2) is 51.9 Å². The summed E-state index contributed by atoms with van der Waals surface area (Å²) in [5.41, 5.74) is 2.51. The number of para-hydroxylation sites is 2. The van der Waals surface area contributed by atoms with Gasteiger partial charge < -0.3 is 14.6 Å². The van der Waals surface area contributed by atoms with E-state index >= 15 is 0 Å². The third-order valence-electron chi connectivity index (χ3n) is 5.01. The Morgan fingerprint density at radius 1 is 1.29 bits per heavy atom. The van der Waals surface area contributed by atoms with Crippen LogP contribution in [0.25, 0.3) is 11.0 Å². The van der Waals surface area contributed by atoms with Gasteiger partial charge in [-0.05, 0) is 38.2 Å². The van der Waals surface area contributed by atoms with E-state index in [4.69, 9.17) is 9.72 Å². The Bertz CT molecular complexity index is 949. The summed E-state index contributed by atoms with van der Waals surface area (Å²) < 4.78 is 5.19. The van der Waals surface area contributed by atoms with Crippen molar-refractivity contribution in [2.75, 3.05) is 30.9 Å². The number of nitrogens with one attached hydrogen (secondary N) is 1. The second kappa shape index (κ2) is 8.18. The lowest BCUT2D eigenvalue weighted by molar-refractivity contribution is 0.0526. The molecule has 1 aliphatic heterocycles. The minimum atomic E-state index is -0.371. The maximum absolute atomic E-state index is 12.3.